The van der Waals surface area contributed by atoms with Crippen molar-refractivity contribution < 1.29 is 28.1 Å². The van der Waals surface area contributed by atoms with E-state index in [-0.39, 0.29) is 29.5 Å². The van der Waals surface area contributed by atoms with E-state index < -0.39 is 14.1 Å². The molecular weight excluding hydrogens is 400 g/mol. The summed E-state index contributed by atoms with van der Waals surface area (Å²) in [7, 11) is -0.207. The van der Waals surface area contributed by atoms with Crippen LogP contribution >= 0.6 is 0 Å². The van der Waals surface area contributed by atoms with Gasteiger partial charge in [-0.3, -0.25) is 0 Å². The molecule has 30 heavy (non-hydrogen) atoms. The Morgan fingerprint density at radius 3 is 2.07 bits per heavy atom. The maximum atomic E-state index is 6.42. The monoisotopic (exact) mass is 438 g/mol. The van der Waals surface area contributed by atoms with Crippen molar-refractivity contribution >= 4 is 8.32 Å². The van der Waals surface area contributed by atoms with Gasteiger partial charge in [0, 0.05) is 0 Å². The summed E-state index contributed by atoms with van der Waals surface area (Å²) in [5, 5.41) is 0.151. The quantitative estimate of drug-likeness (QED) is 0.556. The summed E-state index contributed by atoms with van der Waals surface area (Å²) in [6.45, 7) is 16.6. The molecule has 2 aliphatic heterocycles. The first-order valence-electron chi connectivity index (χ1n) is 10.8. The van der Waals surface area contributed by atoms with Crippen LogP contribution in [0.5, 0.6) is 5.75 Å². The van der Waals surface area contributed by atoms with Crippen molar-refractivity contribution in [1.29, 1.82) is 0 Å². The van der Waals surface area contributed by atoms with E-state index in [0.717, 1.165) is 11.3 Å². The summed E-state index contributed by atoms with van der Waals surface area (Å²) in [6, 6.07) is 7.88. The highest BCUT2D eigenvalue weighted by molar-refractivity contribution is 6.74. The Balaban J connectivity index is 1.58. The zero-order chi connectivity index (χ0) is 22.2. The minimum absolute atomic E-state index is 0.139. The molecule has 7 heteroatoms. The van der Waals surface area contributed by atoms with E-state index in [1.165, 1.54) is 0 Å². The van der Waals surface area contributed by atoms with Crippen LogP contribution in [0.4, 0.5) is 0 Å². The molecule has 4 atom stereocenters. The fourth-order valence-electron chi connectivity index (χ4n) is 3.56. The zero-order valence-corrected chi connectivity index (χ0v) is 20.7. The molecule has 0 N–H and O–H groups in total. The van der Waals surface area contributed by atoms with Crippen LogP contribution in [-0.2, 0) is 30.0 Å². The first-order valence-corrected chi connectivity index (χ1v) is 13.7. The molecule has 0 unspecified atom stereocenters. The Morgan fingerprint density at radius 1 is 0.967 bits per heavy atom. The van der Waals surface area contributed by atoms with E-state index in [9.17, 15) is 0 Å². The van der Waals surface area contributed by atoms with Gasteiger partial charge >= 0.3 is 0 Å². The number of hydrogen-bond donors (Lipinski definition) is 0. The highest BCUT2D eigenvalue weighted by Crippen LogP contribution is 2.41. The van der Waals surface area contributed by atoms with Crippen LogP contribution in [0.25, 0.3) is 0 Å². The molecule has 0 bridgehead atoms. The molecule has 0 aliphatic carbocycles. The van der Waals surface area contributed by atoms with Gasteiger partial charge in [0.1, 0.15) is 30.2 Å². The summed E-state index contributed by atoms with van der Waals surface area (Å²) in [4.78, 5) is 0. The molecule has 6 nitrogen and oxygen atoms in total. The van der Waals surface area contributed by atoms with Gasteiger partial charge in [0.15, 0.2) is 14.1 Å². The van der Waals surface area contributed by atoms with Gasteiger partial charge in [-0.2, -0.15) is 0 Å². The normalized spacial score (nSPS) is 28.5. The Bertz CT molecular complexity index is 697. The molecule has 0 aromatic heterocycles. The predicted molar refractivity (Wildman–Crippen MR) is 118 cm³/mol. The largest absolute Gasteiger partial charge is 0.497 e. The Hall–Kier alpha value is -0.963. The zero-order valence-electron chi connectivity index (χ0n) is 19.7. The molecule has 0 saturated carbocycles. The number of ether oxygens (including phenoxy) is 5. The van der Waals surface area contributed by atoms with Crippen LogP contribution in [0, 0.1) is 0 Å². The minimum Gasteiger partial charge on any atom is -0.497 e. The van der Waals surface area contributed by atoms with Crippen molar-refractivity contribution in [2.24, 2.45) is 0 Å². The molecule has 2 fully saturated rings. The highest BCUT2D eigenvalue weighted by Gasteiger charge is 2.55. The maximum absolute atomic E-state index is 6.42. The molecule has 2 aliphatic rings. The van der Waals surface area contributed by atoms with Crippen molar-refractivity contribution in [2.45, 2.75) is 89.6 Å². The molecule has 1 aromatic carbocycles. The summed E-state index contributed by atoms with van der Waals surface area (Å²) < 4.78 is 36.2. The lowest BCUT2D eigenvalue weighted by atomic mass is 10.1. The van der Waals surface area contributed by atoms with Gasteiger partial charge in [-0.1, -0.05) is 32.9 Å². The second-order valence-corrected chi connectivity index (χ2v) is 15.0. The third-order valence-corrected chi connectivity index (χ3v) is 10.9. The second kappa shape index (κ2) is 8.88. The van der Waals surface area contributed by atoms with E-state index in [1.807, 2.05) is 38.1 Å². The first-order chi connectivity index (χ1) is 13.9. The average molecular weight is 439 g/mol. The summed E-state index contributed by atoms with van der Waals surface area (Å²) in [5.74, 6) is 0.215. The molecule has 2 saturated heterocycles. The van der Waals surface area contributed by atoms with Gasteiger partial charge in [-0.15, -0.1) is 0 Å². The van der Waals surface area contributed by atoms with Crippen LogP contribution < -0.4 is 4.74 Å². The van der Waals surface area contributed by atoms with Crippen molar-refractivity contribution in [3.8, 4) is 5.75 Å². The van der Waals surface area contributed by atoms with Crippen LogP contribution in [0.1, 0.15) is 40.2 Å². The SMILES string of the molecule is COc1ccc(COC[C@H]2O[C@H](CO[Si](C)(C)C(C)(C)C)[C@H]3OC(C)(C)O[C@H]32)cc1. The summed E-state index contributed by atoms with van der Waals surface area (Å²) >= 11 is 0. The summed E-state index contributed by atoms with van der Waals surface area (Å²) in [5.41, 5.74) is 1.09. The maximum Gasteiger partial charge on any atom is 0.192 e. The van der Waals surface area contributed by atoms with Crippen LogP contribution in [0.15, 0.2) is 24.3 Å². The fourth-order valence-corrected chi connectivity index (χ4v) is 4.58. The third kappa shape index (κ3) is 5.44. The van der Waals surface area contributed by atoms with E-state index in [4.69, 9.17) is 28.1 Å². The van der Waals surface area contributed by atoms with Gasteiger partial charge in [-0.05, 0) is 49.7 Å². The van der Waals surface area contributed by atoms with Crippen molar-refractivity contribution in [1.82, 2.24) is 0 Å². The van der Waals surface area contributed by atoms with Gasteiger partial charge in [0.25, 0.3) is 0 Å². The third-order valence-electron chi connectivity index (χ3n) is 6.37. The number of benzene rings is 1. The van der Waals surface area contributed by atoms with E-state index >= 15 is 0 Å². The van der Waals surface area contributed by atoms with E-state index in [0.29, 0.717) is 19.8 Å². The lowest BCUT2D eigenvalue weighted by molar-refractivity contribution is -0.195. The van der Waals surface area contributed by atoms with Crippen LogP contribution in [-0.4, -0.2) is 58.8 Å². The Kier molecular flexibility index (Phi) is 7.01. The molecule has 0 spiro atoms. The predicted octanol–water partition coefficient (Wildman–Crippen LogP) is 4.52. The van der Waals surface area contributed by atoms with Crippen molar-refractivity contribution in [3.05, 3.63) is 29.8 Å². The standard InChI is InChI=1S/C23H38O6Si/c1-22(2,3)30(7,8)26-15-19-21-20(28-23(4,5)29-21)18(27-19)14-25-13-16-9-11-17(24-6)12-10-16/h9-12,18-21H,13-15H2,1-8H3/t18-,19-,20+,21-/m1/s1. The van der Waals surface area contributed by atoms with Crippen molar-refractivity contribution in [2.75, 3.05) is 20.3 Å². The minimum atomic E-state index is -1.87. The Labute approximate surface area is 182 Å². The van der Waals surface area contributed by atoms with E-state index in [2.05, 4.69) is 33.9 Å². The number of rotatable bonds is 8. The fraction of sp³-hybridized carbons (Fsp3) is 0.739. The Morgan fingerprint density at radius 2 is 1.53 bits per heavy atom. The van der Waals surface area contributed by atoms with Gasteiger partial charge in [0.05, 0.1) is 26.9 Å². The lowest BCUT2D eigenvalue weighted by Crippen LogP contribution is -2.44. The van der Waals surface area contributed by atoms with Crippen LogP contribution in [0.2, 0.25) is 18.1 Å². The van der Waals surface area contributed by atoms with Crippen molar-refractivity contribution in [3.63, 3.8) is 0 Å². The molecule has 0 radical (unpaired) electrons. The van der Waals surface area contributed by atoms with E-state index in [1.54, 1.807) is 7.11 Å². The molecule has 3 rings (SSSR count). The summed E-state index contributed by atoms with van der Waals surface area (Å²) in [6.07, 6.45) is -0.619. The van der Waals surface area contributed by atoms with Gasteiger partial charge in [0.2, 0.25) is 0 Å². The average Bonchev–Trinajstić information content (AvgIpc) is 3.13. The highest BCUT2D eigenvalue weighted by atomic mass is 28.4. The second-order valence-electron chi connectivity index (χ2n) is 10.2. The molecule has 1 aromatic rings. The topological polar surface area (TPSA) is 55.4 Å². The van der Waals surface area contributed by atoms with Gasteiger partial charge < -0.3 is 28.1 Å². The van der Waals surface area contributed by atoms with Crippen LogP contribution in [0.3, 0.4) is 0 Å². The number of fused-ring (bicyclic) bond motifs is 1. The molecular formula is C23H38O6Si. The van der Waals surface area contributed by atoms with Gasteiger partial charge in [-0.25, -0.2) is 0 Å². The number of methoxy groups -OCH3 is 1. The molecule has 170 valence electrons. The smallest absolute Gasteiger partial charge is 0.192 e. The first kappa shape index (κ1) is 23.7. The molecule has 0 amide bonds. The molecule has 2 heterocycles. The lowest BCUT2D eigenvalue weighted by Gasteiger charge is -2.37. The number of hydrogen-bond acceptors (Lipinski definition) is 6.